The predicted octanol–water partition coefficient (Wildman–Crippen LogP) is 1.10. The summed E-state index contributed by atoms with van der Waals surface area (Å²) in [7, 11) is 0. The van der Waals surface area contributed by atoms with Crippen LogP contribution < -0.4 is 5.32 Å². The average molecular weight is 213 g/mol. The van der Waals surface area contributed by atoms with Gasteiger partial charge in [0.2, 0.25) is 5.91 Å². The lowest BCUT2D eigenvalue weighted by Crippen LogP contribution is -2.40. The van der Waals surface area contributed by atoms with Gasteiger partial charge >= 0.3 is 5.97 Å². The third kappa shape index (κ3) is 2.94. The van der Waals surface area contributed by atoms with Crippen molar-refractivity contribution in [1.82, 2.24) is 5.32 Å². The standard InChI is InChI=1S/C11H19NO3/c1-5-15-10(14)7(2)12-9(13)8-6-11(8,3)4/h7-8H,5-6H2,1-4H3,(H,12,13). The largest absolute Gasteiger partial charge is 0.464 e. The Bertz CT molecular complexity index is 273. The van der Waals surface area contributed by atoms with E-state index in [4.69, 9.17) is 4.74 Å². The summed E-state index contributed by atoms with van der Waals surface area (Å²) in [5.41, 5.74) is 0.0957. The molecule has 0 aromatic rings. The number of rotatable bonds is 4. The van der Waals surface area contributed by atoms with Gasteiger partial charge in [0.15, 0.2) is 0 Å². The van der Waals surface area contributed by atoms with E-state index in [0.717, 1.165) is 6.42 Å². The quantitative estimate of drug-likeness (QED) is 0.711. The Labute approximate surface area is 90.4 Å². The number of hydrogen-bond donors (Lipinski definition) is 1. The van der Waals surface area contributed by atoms with Crippen LogP contribution in [0.4, 0.5) is 0 Å². The van der Waals surface area contributed by atoms with Gasteiger partial charge in [0.25, 0.3) is 0 Å². The maximum absolute atomic E-state index is 11.6. The van der Waals surface area contributed by atoms with E-state index in [1.807, 2.05) is 13.8 Å². The second-order valence-corrected chi connectivity index (χ2v) is 4.73. The highest BCUT2D eigenvalue weighted by molar-refractivity contribution is 5.87. The van der Waals surface area contributed by atoms with E-state index in [2.05, 4.69) is 5.32 Å². The molecular weight excluding hydrogens is 194 g/mol. The fourth-order valence-electron chi connectivity index (χ4n) is 1.55. The van der Waals surface area contributed by atoms with Crippen LogP contribution in [0.3, 0.4) is 0 Å². The minimum absolute atomic E-state index is 0.0412. The van der Waals surface area contributed by atoms with Crippen LogP contribution in [-0.4, -0.2) is 24.5 Å². The normalized spacial score (nSPS) is 24.1. The molecule has 0 spiro atoms. The van der Waals surface area contributed by atoms with E-state index < -0.39 is 6.04 Å². The number of esters is 1. The van der Waals surface area contributed by atoms with E-state index in [1.165, 1.54) is 0 Å². The lowest BCUT2D eigenvalue weighted by Gasteiger charge is -2.13. The van der Waals surface area contributed by atoms with Gasteiger partial charge in [-0.25, -0.2) is 4.79 Å². The highest BCUT2D eigenvalue weighted by Gasteiger charge is 2.50. The number of carbonyl (C=O) groups is 2. The topological polar surface area (TPSA) is 55.4 Å². The summed E-state index contributed by atoms with van der Waals surface area (Å²) in [5, 5.41) is 2.67. The molecule has 0 bridgehead atoms. The van der Waals surface area contributed by atoms with Crippen LogP contribution in [0.1, 0.15) is 34.1 Å². The van der Waals surface area contributed by atoms with Crippen molar-refractivity contribution >= 4 is 11.9 Å². The zero-order valence-electron chi connectivity index (χ0n) is 9.79. The van der Waals surface area contributed by atoms with Gasteiger partial charge in [0.05, 0.1) is 6.61 Å². The fourth-order valence-corrected chi connectivity index (χ4v) is 1.55. The molecule has 0 aromatic carbocycles. The molecule has 0 aliphatic heterocycles. The van der Waals surface area contributed by atoms with Crippen molar-refractivity contribution in [3.63, 3.8) is 0 Å². The Balaban J connectivity index is 2.36. The molecule has 2 atom stereocenters. The summed E-state index contributed by atoms with van der Waals surface area (Å²) in [6.45, 7) is 7.83. The molecule has 0 saturated heterocycles. The second kappa shape index (κ2) is 4.21. The first-order chi connectivity index (χ1) is 6.88. The molecule has 1 amide bonds. The van der Waals surface area contributed by atoms with Crippen LogP contribution in [0.5, 0.6) is 0 Å². The Kier molecular flexibility index (Phi) is 3.37. The molecule has 1 aliphatic carbocycles. The first-order valence-electron chi connectivity index (χ1n) is 5.35. The third-order valence-corrected chi connectivity index (χ3v) is 2.83. The molecule has 0 aromatic heterocycles. The van der Waals surface area contributed by atoms with Crippen molar-refractivity contribution in [2.24, 2.45) is 11.3 Å². The van der Waals surface area contributed by atoms with Gasteiger partial charge in [0.1, 0.15) is 6.04 Å². The van der Waals surface area contributed by atoms with Crippen LogP contribution >= 0.6 is 0 Å². The molecule has 1 fully saturated rings. The van der Waals surface area contributed by atoms with Crippen LogP contribution in [0.2, 0.25) is 0 Å². The van der Waals surface area contributed by atoms with Crippen LogP contribution in [0.25, 0.3) is 0 Å². The Morgan fingerprint density at radius 2 is 2.07 bits per heavy atom. The van der Waals surface area contributed by atoms with Crippen molar-refractivity contribution in [2.45, 2.75) is 40.2 Å². The zero-order valence-corrected chi connectivity index (χ0v) is 9.79. The summed E-state index contributed by atoms with van der Waals surface area (Å²) >= 11 is 0. The fraction of sp³-hybridized carbons (Fsp3) is 0.818. The number of hydrogen-bond acceptors (Lipinski definition) is 3. The summed E-state index contributed by atoms with van der Waals surface area (Å²) in [5.74, 6) is -0.362. The molecule has 1 rings (SSSR count). The van der Waals surface area contributed by atoms with Crippen molar-refractivity contribution in [3.8, 4) is 0 Å². The summed E-state index contributed by atoms with van der Waals surface area (Å²) in [6, 6.07) is -0.547. The molecule has 86 valence electrons. The van der Waals surface area contributed by atoms with E-state index in [9.17, 15) is 9.59 Å². The monoisotopic (exact) mass is 213 g/mol. The predicted molar refractivity (Wildman–Crippen MR) is 56.1 cm³/mol. The van der Waals surface area contributed by atoms with Gasteiger partial charge < -0.3 is 10.1 Å². The molecule has 1 saturated carbocycles. The van der Waals surface area contributed by atoms with Gasteiger partial charge in [-0.15, -0.1) is 0 Å². The van der Waals surface area contributed by atoms with Gasteiger partial charge in [-0.1, -0.05) is 13.8 Å². The first-order valence-corrected chi connectivity index (χ1v) is 5.35. The summed E-state index contributed by atoms with van der Waals surface area (Å²) < 4.78 is 4.80. The Morgan fingerprint density at radius 3 is 2.47 bits per heavy atom. The summed E-state index contributed by atoms with van der Waals surface area (Å²) in [6.07, 6.45) is 0.897. The molecule has 4 nitrogen and oxygen atoms in total. The van der Waals surface area contributed by atoms with Crippen molar-refractivity contribution in [1.29, 1.82) is 0 Å². The Hall–Kier alpha value is -1.06. The van der Waals surface area contributed by atoms with Crippen LogP contribution in [-0.2, 0) is 14.3 Å². The molecule has 0 radical (unpaired) electrons. The van der Waals surface area contributed by atoms with Crippen molar-refractivity contribution < 1.29 is 14.3 Å². The third-order valence-electron chi connectivity index (χ3n) is 2.83. The van der Waals surface area contributed by atoms with Gasteiger partial charge in [-0.3, -0.25) is 4.79 Å². The van der Waals surface area contributed by atoms with Crippen LogP contribution in [0.15, 0.2) is 0 Å². The highest BCUT2D eigenvalue weighted by atomic mass is 16.5. The molecule has 1 aliphatic rings. The molecule has 0 heterocycles. The molecule has 15 heavy (non-hydrogen) atoms. The maximum Gasteiger partial charge on any atom is 0.328 e. The van der Waals surface area contributed by atoms with Crippen LogP contribution in [0, 0.1) is 11.3 Å². The zero-order chi connectivity index (χ0) is 11.6. The molecule has 1 N–H and O–H groups in total. The summed E-state index contributed by atoms with van der Waals surface area (Å²) in [4.78, 5) is 22.9. The van der Waals surface area contributed by atoms with E-state index in [0.29, 0.717) is 6.61 Å². The first kappa shape index (κ1) is 12.0. The van der Waals surface area contributed by atoms with Crippen molar-refractivity contribution in [2.75, 3.05) is 6.61 Å². The van der Waals surface area contributed by atoms with Gasteiger partial charge in [-0.05, 0) is 25.7 Å². The lowest BCUT2D eigenvalue weighted by molar-refractivity contribution is -0.147. The van der Waals surface area contributed by atoms with E-state index in [1.54, 1.807) is 13.8 Å². The smallest absolute Gasteiger partial charge is 0.328 e. The maximum atomic E-state index is 11.6. The number of amides is 1. The van der Waals surface area contributed by atoms with Crippen molar-refractivity contribution in [3.05, 3.63) is 0 Å². The van der Waals surface area contributed by atoms with Gasteiger partial charge in [-0.2, -0.15) is 0 Å². The van der Waals surface area contributed by atoms with E-state index in [-0.39, 0.29) is 23.2 Å². The second-order valence-electron chi connectivity index (χ2n) is 4.73. The number of ether oxygens (including phenoxy) is 1. The SMILES string of the molecule is CCOC(=O)C(C)NC(=O)C1CC1(C)C. The minimum atomic E-state index is -0.547. The molecule has 2 unspecified atom stereocenters. The minimum Gasteiger partial charge on any atom is -0.464 e. The Morgan fingerprint density at radius 1 is 1.53 bits per heavy atom. The molecular formula is C11H19NO3. The molecule has 4 heteroatoms. The number of nitrogens with one attached hydrogen (secondary N) is 1. The number of carbonyl (C=O) groups excluding carboxylic acids is 2. The van der Waals surface area contributed by atoms with E-state index >= 15 is 0 Å². The average Bonchev–Trinajstić information content (AvgIpc) is 2.75. The lowest BCUT2D eigenvalue weighted by atomic mass is 10.1. The highest BCUT2D eigenvalue weighted by Crippen LogP contribution is 2.51. The van der Waals surface area contributed by atoms with Gasteiger partial charge in [0, 0.05) is 5.92 Å².